The lowest BCUT2D eigenvalue weighted by Crippen LogP contribution is -2.47. The number of hydrogen-bond donors (Lipinski definition) is 5. The zero-order valence-electron chi connectivity index (χ0n) is 19.4. The molecule has 2 aromatic rings. The highest BCUT2D eigenvalue weighted by atomic mass is 16.3. The van der Waals surface area contributed by atoms with Gasteiger partial charge in [-0.3, -0.25) is 4.79 Å². The Morgan fingerprint density at radius 2 is 1.88 bits per heavy atom. The van der Waals surface area contributed by atoms with Crippen LogP contribution in [0.15, 0.2) is 36.5 Å². The van der Waals surface area contributed by atoms with E-state index in [0.717, 1.165) is 42.8 Å². The van der Waals surface area contributed by atoms with E-state index in [9.17, 15) is 14.7 Å². The Balaban J connectivity index is 1.47. The average Bonchev–Trinajstić information content (AvgIpc) is 3.54. The van der Waals surface area contributed by atoms with E-state index in [-0.39, 0.29) is 29.9 Å². The number of H-pyrrole nitrogens is 1. The van der Waals surface area contributed by atoms with E-state index in [4.69, 9.17) is 0 Å². The molecule has 2 aliphatic rings. The van der Waals surface area contributed by atoms with Crippen molar-refractivity contribution < 1.29 is 14.7 Å². The van der Waals surface area contributed by atoms with Gasteiger partial charge in [-0.1, -0.05) is 57.0 Å². The Morgan fingerprint density at radius 3 is 2.55 bits per heavy atom. The normalized spacial score (nSPS) is 25.3. The maximum Gasteiger partial charge on any atom is 0.315 e. The molecular formula is C25H35N5O3. The van der Waals surface area contributed by atoms with Gasteiger partial charge in [0.1, 0.15) is 5.82 Å². The quantitative estimate of drug-likeness (QED) is 0.443. The van der Waals surface area contributed by atoms with E-state index < -0.39 is 17.9 Å². The summed E-state index contributed by atoms with van der Waals surface area (Å²) in [6, 6.07) is 9.25. The van der Waals surface area contributed by atoms with Crippen LogP contribution in [0.5, 0.6) is 0 Å². The Morgan fingerprint density at radius 1 is 1.15 bits per heavy atom. The highest BCUT2D eigenvalue weighted by Crippen LogP contribution is 2.39. The number of aromatic amines is 1. The molecule has 178 valence electrons. The predicted octanol–water partition coefficient (Wildman–Crippen LogP) is 2.92. The van der Waals surface area contributed by atoms with Gasteiger partial charge in [0, 0.05) is 42.4 Å². The van der Waals surface area contributed by atoms with Crippen molar-refractivity contribution in [1.82, 2.24) is 25.9 Å². The number of nitrogens with zero attached hydrogens (tertiary/aromatic N) is 1. The highest BCUT2D eigenvalue weighted by molar-refractivity contribution is 5.80. The van der Waals surface area contributed by atoms with Gasteiger partial charge < -0.3 is 26.0 Å². The zero-order chi connectivity index (χ0) is 23.4. The molecule has 33 heavy (non-hydrogen) atoms. The minimum atomic E-state index is -0.932. The summed E-state index contributed by atoms with van der Waals surface area (Å²) in [5.41, 5.74) is 1.74. The molecule has 0 bridgehead atoms. The number of nitrogens with one attached hydrogen (secondary N) is 4. The van der Waals surface area contributed by atoms with E-state index in [1.54, 1.807) is 6.20 Å². The van der Waals surface area contributed by atoms with Crippen LogP contribution in [0.4, 0.5) is 4.79 Å². The van der Waals surface area contributed by atoms with Crippen LogP contribution in [0.25, 0.3) is 0 Å². The molecular weight excluding hydrogens is 418 g/mol. The first-order valence-electron chi connectivity index (χ1n) is 12.0. The molecule has 0 aliphatic heterocycles. The van der Waals surface area contributed by atoms with Crippen molar-refractivity contribution in [2.45, 2.75) is 82.5 Å². The Hall–Kier alpha value is -2.87. The van der Waals surface area contributed by atoms with Crippen LogP contribution < -0.4 is 16.0 Å². The molecule has 1 heterocycles. The molecule has 4 atom stereocenters. The fourth-order valence-corrected chi connectivity index (χ4v) is 5.06. The molecule has 8 nitrogen and oxygen atoms in total. The molecule has 0 spiro atoms. The number of urea groups is 1. The summed E-state index contributed by atoms with van der Waals surface area (Å²) in [4.78, 5) is 33.5. The van der Waals surface area contributed by atoms with Crippen LogP contribution in [0.3, 0.4) is 0 Å². The number of amides is 3. The Bertz CT molecular complexity index is 939. The summed E-state index contributed by atoms with van der Waals surface area (Å²) in [7, 11) is 0. The molecule has 8 heteroatoms. The third-order valence-electron chi connectivity index (χ3n) is 6.90. The number of benzene rings is 1. The molecule has 1 aromatic carbocycles. The number of hydrogen-bond acceptors (Lipinski definition) is 4. The molecule has 0 radical (unpaired) electrons. The number of carbonyl (C=O) groups excluding carboxylic acids is 2. The third-order valence-corrected chi connectivity index (χ3v) is 6.90. The van der Waals surface area contributed by atoms with Crippen molar-refractivity contribution in [2.75, 3.05) is 0 Å². The fraction of sp³-hybridized carbons (Fsp3) is 0.560. The summed E-state index contributed by atoms with van der Waals surface area (Å²) in [5, 5.41) is 20.2. The lowest BCUT2D eigenvalue weighted by molar-refractivity contribution is -0.127. The molecule has 2 saturated carbocycles. The lowest BCUT2D eigenvalue weighted by Gasteiger charge is -2.23. The largest absolute Gasteiger partial charge is 0.392 e. The van der Waals surface area contributed by atoms with Gasteiger partial charge in [0.2, 0.25) is 5.91 Å². The third kappa shape index (κ3) is 5.55. The summed E-state index contributed by atoms with van der Waals surface area (Å²) in [6.07, 6.45) is 5.40. The first kappa shape index (κ1) is 23.3. The van der Waals surface area contributed by atoms with Crippen LogP contribution in [-0.2, 0) is 11.3 Å². The number of aliphatic hydroxyl groups excluding tert-OH is 1. The van der Waals surface area contributed by atoms with E-state index in [1.807, 2.05) is 44.2 Å². The van der Waals surface area contributed by atoms with E-state index in [0.29, 0.717) is 13.0 Å². The van der Waals surface area contributed by atoms with Gasteiger partial charge in [-0.25, -0.2) is 9.78 Å². The van der Waals surface area contributed by atoms with E-state index in [2.05, 4.69) is 25.9 Å². The molecule has 2 fully saturated rings. The number of rotatable bonds is 7. The summed E-state index contributed by atoms with van der Waals surface area (Å²) >= 11 is 0. The van der Waals surface area contributed by atoms with Crippen LogP contribution in [0.2, 0.25) is 0 Å². The number of carbonyl (C=O) groups is 2. The maximum atomic E-state index is 13.0. The van der Waals surface area contributed by atoms with Gasteiger partial charge in [-0.2, -0.15) is 0 Å². The van der Waals surface area contributed by atoms with Gasteiger partial charge in [0.05, 0.1) is 12.0 Å². The van der Waals surface area contributed by atoms with Crippen LogP contribution >= 0.6 is 0 Å². The molecule has 1 aromatic heterocycles. The number of imidazole rings is 1. The Labute approximate surface area is 195 Å². The highest BCUT2D eigenvalue weighted by Gasteiger charge is 2.48. The van der Waals surface area contributed by atoms with E-state index in [1.165, 1.54) is 0 Å². The molecule has 4 rings (SSSR count). The summed E-state index contributed by atoms with van der Waals surface area (Å²) in [5.74, 6) is -0.240. The maximum absolute atomic E-state index is 13.0. The minimum absolute atomic E-state index is 0.194. The Kier molecular flexibility index (Phi) is 7.33. The summed E-state index contributed by atoms with van der Waals surface area (Å²) < 4.78 is 0. The lowest BCUT2D eigenvalue weighted by atomic mass is 9.96. The van der Waals surface area contributed by atoms with Gasteiger partial charge in [0.15, 0.2) is 0 Å². The van der Waals surface area contributed by atoms with Gasteiger partial charge >= 0.3 is 6.03 Å². The first-order chi connectivity index (χ1) is 15.9. The standard InChI is InChI=1S/C25H35N5O3/c1-15(2)23-26-14-20(29-23)21-19(30-25(33)28-17-10-6-7-11-17)12-18(22(21)31)24(32)27-13-16-8-4-3-5-9-16/h3-5,8-9,14-15,17-19,21-22,31H,6-7,10-13H2,1-2H3,(H,26,29)(H,27,32)(H2,28,30,33)/t18-,19+,21+,22+/m0/s1. The van der Waals surface area contributed by atoms with Crippen molar-refractivity contribution in [3.8, 4) is 0 Å². The fourth-order valence-electron chi connectivity index (χ4n) is 5.06. The molecule has 5 N–H and O–H groups in total. The molecule has 2 aliphatic carbocycles. The van der Waals surface area contributed by atoms with Crippen molar-refractivity contribution in [1.29, 1.82) is 0 Å². The number of aliphatic hydroxyl groups is 1. The molecule has 3 amide bonds. The van der Waals surface area contributed by atoms with Gasteiger partial charge in [-0.15, -0.1) is 0 Å². The SMILES string of the molecule is CC(C)c1ncc([C@@H]2[C@H](O)[C@@H](C(=O)NCc3ccccc3)C[C@H]2NC(=O)NC2CCCC2)[nH]1. The summed E-state index contributed by atoms with van der Waals surface area (Å²) in [6.45, 7) is 4.48. The van der Waals surface area contributed by atoms with Crippen molar-refractivity contribution in [3.63, 3.8) is 0 Å². The topological polar surface area (TPSA) is 119 Å². The predicted molar refractivity (Wildman–Crippen MR) is 126 cm³/mol. The second-order valence-electron chi connectivity index (χ2n) is 9.65. The van der Waals surface area contributed by atoms with Crippen LogP contribution in [0.1, 0.15) is 74.9 Å². The average molecular weight is 454 g/mol. The van der Waals surface area contributed by atoms with Crippen LogP contribution in [0, 0.1) is 5.92 Å². The second-order valence-corrected chi connectivity index (χ2v) is 9.65. The first-order valence-corrected chi connectivity index (χ1v) is 12.0. The van der Waals surface area contributed by atoms with Gasteiger partial charge in [0.25, 0.3) is 0 Å². The van der Waals surface area contributed by atoms with Gasteiger partial charge in [-0.05, 0) is 24.8 Å². The molecule has 0 saturated heterocycles. The zero-order valence-corrected chi connectivity index (χ0v) is 19.4. The molecule has 0 unspecified atom stereocenters. The van der Waals surface area contributed by atoms with Crippen molar-refractivity contribution in [2.24, 2.45) is 5.92 Å². The second kappa shape index (κ2) is 10.4. The monoisotopic (exact) mass is 453 g/mol. The van der Waals surface area contributed by atoms with Crippen molar-refractivity contribution >= 4 is 11.9 Å². The number of aromatic nitrogens is 2. The van der Waals surface area contributed by atoms with E-state index >= 15 is 0 Å². The smallest absolute Gasteiger partial charge is 0.315 e. The minimum Gasteiger partial charge on any atom is -0.392 e. The van der Waals surface area contributed by atoms with Crippen molar-refractivity contribution in [3.05, 3.63) is 53.6 Å². The van der Waals surface area contributed by atoms with Crippen LogP contribution in [-0.4, -0.2) is 45.2 Å².